The van der Waals surface area contributed by atoms with Crippen LogP contribution in [0.5, 0.6) is 0 Å². The summed E-state index contributed by atoms with van der Waals surface area (Å²) in [6, 6.07) is 9.41. The normalized spacial score (nSPS) is 21.2. The Morgan fingerprint density at radius 2 is 1.44 bits per heavy atom. The summed E-state index contributed by atoms with van der Waals surface area (Å²) in [6.45, 7) is 0.329. The first-order valence-corrected chi connectivity index (χ1v) is 10.2. The highest BCUT2D eigenvalue weighted by molar-refractivity contribution is 5.76. The van der Waals surface area contributed by atoms with Crippen molar-refractivity contribution in [2.45, 2.75) is 76.9 Å². The fourth-order valence-electron chi connectivity index (χ4n) is 4.99. The van der Waals surface area contributed by atoms with Gasteiger partial charge in [-0.3, -0.25) is 4.79 Å². The number of nitrogens with two attached hydrogens (primary N) is 1. The Bertz CT molecular complexity index is 500. The molecule has 1 atom stereocenters. The summed E-state index contributed by atoms with van der Waals surface area (Å²) < 4.78 is 5.59. The summed E-state index contributed by atoms with van der Waals surface area (Å²) in [5, 5.41) is 0. The van der Waals surface area contributed by atoms with Gasteiger partial charge in [0, 0.05) is 0 Å². The number of carbonyl (C=O) groups excluding carboxylic acids is 1. The van der Waals surface area contributed by atoms with Gasteiger partial charge in [-0.15, -0.1) is 0 Å². The largest absolute Gasteiger partial charge is 0.460 e. The van der Waals surface area contributed by atoms with Crippen molar-refractivity contribution < 1.29 is 9.53 Å². The first-order valence-electron chi connectivity index (χ1n) is 10.2. The van der Waals surface area contributed by atoms with E-state index in [4.69, 9.17) is 10.5 Å². The second-order valence-corrected chi connectivity index (χ2v) is 7.99. The summed E-state index contributed by atoms with van der Waals surface area (Å²) in [5.74, 6) is 1.32. The zero-order chi connectivity index (χ0) is 17.5. The molecule has 3 heteroatoms. The molecule has 25 heavy (non-hydrogen) atoms. The molecule has 2 aliphatic carbocycles. The van der Waals surface area contributed by atoms with Gasteiger partial charge in [-0.25, -0.2) is 0 Å². The van der Waals surface area contributed by atoms with Crippen LogP contribution in [0.2, 0.25) is 0 Å². The molecule has 3 nitrogen and oxygen atoms in total. The second-order valence-electron chi connectivity index (χ2n) is 7.99. The number of ether oxygens (including phenoxy) is 1. The van der Waals surface area contributed by atoms with E-state index in [2.05, 4.69) is 0 Å². The molecule has 138 valence electrons. The van der Waals surface area contributed by atoms with E-state index in [0.717, 1.165) is 5.56 Å². The van der Waals surface area contributed by atoms with E-state index in [1.54, 1.807) is 0 Å². The zero-order valence-electron chi connectivity index (χ0n) is 15.4. The Labute approximate surface area is 152 Å². The van der Waals surface area contributed by atoms with Gasteiger partial charge in [0.15, 0.2) is 0 Å². The van der Waals surface area contributed by atoms with Crippen LogP contribution in [0.25, 0.3) is 0 Å². The smallest absolute Gasteiger partial charge is 0.323 e. The predicted octanol–water partition coefficient (Wildman–Crippen LogP) is 4.83. The van der Waals surface area contributed by atoms with E-state index in [9.17, 15) is 4.79 Å². The molecule has 3 rings (SSSR count). The topological polar surface area (TPSA) is 52.3 Å². The van der Waals surface area contributed by atoms with Gasteiger partial charge in [-0.05, 0) is 23.3 Å². The van der Waals surface area contributed by atoms with Crippen LogP contribution < -0.4 is 5.73 Å². The Kier molecular flexibility index (Phi) is 6.92. The maximum atomic E-state index is 12.7. The van der Waals surface area contributed by atoms with Crippen molar-refractivity contribution in [1.82, 2.24) is 0 Å². The van der Waals surface area contributed by atoms with E-state index in [0.29, 0.717) is 24.4 Å². The third kappa shape index (κ3) is 5.07. The highest BCUT2D eigenvalue weighted by Gasteiger charge is 2.39. The number of hydrogen-bond acceptors (Lipinski definition) is 3. The van der Waals surface area contributed by atoms with E-state index < -0.39 is 6.04 Å². The maximum absolute atomic E-state index is 12.7. The second kappa shape index (κ2) is 9.38. The van der Waals surface area contributed by atoms with Crippen molar-refractivity contribution in [2.24, 2.45) is 23.5 Å². The number of esters is 1. The molecule has 2 N–H and O–H groups in total. The first-order chi connectivity index (χ1) is 12.3. The average molecular weight is 344 g/mol. The lowest BCUT2D eigenvalue weighted by Gasteiger charge is -2.40. The lowest BCUT2D eigenvalue weighted by Crippen LogP contribution is -2.47. The molecule has 1 aromatic rings. The molecule has 0 aromatic heterocycles. The van der Waals surface area contributed by atoms with Crippen molar-refractivity contribution in [2.75, 3.05) is 0 Å². The summed E-state index contributed by atoms with van der Waals surface area (Å²) in [7, 11) is 0. The molecular weight excluding hydrogens is 310 g/mol. The Morgan fingerprint density at radius 3 is 1.96 bits per heavy atom. The number of carbonyl (C=O) groups is 1. The van der Waals surface area contributed by atoms with Gasteiger partial charge in [0.1, 0.15) is 12.6 Å². The van der Waals surface area contributed by atoms with Crippen molar-refractivity contribution in [3.05, 3.63) is 35.9 Å². The van der Waals surface area contributed by atoms with Crippen molar-refractivity contribution in [1.29, 1.82) is 0 Å². The van der Waals surface area contributed by atoms with Gasteiger partial charge >= 0.3 is 5.97 Å². The Hall–Kier alpha value is -1.35. The lowest BCUT2D eigenvalue weighted by molar-refractivity contribution is -0.149. The van der Waals surface area contributed by atoms with Gasteiger partial charge in [-0.1, -0.05) is 94.5 Å². The average Bonchev–Trinajstić information content (AvgIpc) is 2.69. The molecule has 1 unspecified atom stereocenters. The fourth-order valence-corrected chi connectivity index (χ4v) is 4.99. The highest BCUT2D eigenvalue weighted by atomic mass is 16.5. The molecule has 2 saturated carbocycles. The molecule has 0 saturated heterocycles. The van der Waals surface area contributed by atoms with E-state index in [-0.39, 0.29) is 5.97 Å². The summed E-state index contributed by atoms with van der Waals surface area (Å²) in [4.78, 5) is 12.7. The molecule has 2 fully saturated rings. The van der Waals surface area contributed by atoms with Gasteiger partial charge in [0.2, 0.25) is 0 Å². The van der Waals surface area contributed by atoms with Crippen LogP contribution in [0, 0.1) is 17.8 Å². The standard InChI is InChI=1S/C22H33NO2/c23-21(22(24)25-16-17-10-4-1-5-11-17)20(18-12-6-2-7-13-18)19-14-8-3-9-15-19/h1,4-5,10-11,18-21H,2-3,6-9,12-16,23H2. The van der Waals surface area contributed by atoms with Gasteiger partial charge in [0.05, 0.1) is 0 Å². The summed E-state index contributed by atoms with van der Waals surface area (Å²) in [5.41, 5.74) is 7.54. The van der Waals surface area contributed by atoms with Crippen LogP contribution in [0.4, 0.5) is 0 Å². The monoisotopic (exact) mass is 343 g/mol. The molecule has 0 spiro atoms. The maximum Gasteiger partial charge on any atom is 0.323 e. The van der Waals surface area contributed by atoms with Crippen molar-refractivity contribution in [3.63, 3.8) is 0 Å². The van der Waals surface area contributed by atoms with Crippen LogP contribution in [0.3, 0.4) is 0 Å². The minimum Gasteiger partial charge on any atom is -0.460 e. The molecule has 2 aliphatic rings. The first kappa shape index (κ1) is 18.4. The molecule has 0 radical (unpaired) electrons. The fraction of sp³-hybridized carbons (Fsp3) is 0.682. The van der Waals surface area contributed by atoms with Crippen molar-refractivity contribution in [3.8, 4) is 0 Å². The Balaban J connectivity index is 1.64. The summed E-state index contributed by atoms with van der Waals surface area (Å²) in [6.07, 6.45) is 12.8. The minimum absolute atomic E-state index is 0.204. The van der Waals surface area contributed by atoms with Crippen LogP contribution in [0.1, 0.15) is 69.8 Å². The molecular formula is C22H33NO2. The quantitative estimate of drug-likeness (QED) is 0.752. The Morgan fingerprint density at radius 1 is 0.920 bits per heavy atom. The predicted molar refractivity (Wildman–Crippen MR) is 101 cm³/mol. The van der Waals surface area contributed by atoms with E-state index in [1.807, 2.05) is 30.3 Å². The SMILES string of the molecule is NC(C(=O)OCc1ccccc1)C(C1CCCCC1)C1CCCCC1. The minimum atomic E-state index is -0.463. The molecule has 0 bridgehead atoms. The number of benzene rings is 1. The van der Waals surface area contributed by atoms with E-state index >= 15 is 0 Å². The van der Waals surface area contributed by atoms with Crippen LogP contribution in [-0.2, 0) is 16.1 Å². The number of rotatable bonds is 6. The molecule has 0 amide bonds. The molecule has 0 aliphatic heterocycles. The van der Waals surface area contributed by atoms with Gasteiger partial charge in [-0.2, -0.15) is 0 Å². The number of hydrogen-bond donors (Lipinski definition) is 1. The van der Waals surface area contributed by atoms with Crippen molar-refractivity contribution >= 4 is 5.97 Å². The molecule has 1 aromatic carbocycles. The third-order valence-corrected chi connectivity index (χ3v) is 6.30. The van der Waals surface area contributed by atoms with Gasteiger partial charge < -0.3 is 10.5 Å². The molecule has 0 heterocycles. The summed E-state index contributed by atoms with van der Waals surface area (Å²) >= 11 is 0. The van der Waals surface area contributed by atoms with Gasteiger partial charge in [0.25, 0.3) is 0 Å². The van der Waals surface area contributed by atoms with E-state index in [1.165, 1.54) is 64.2 Å². The van der Waals surface area contributed by atoms with Crippen LogP contribution >= 0.6 is 0 Å². The highest BCUT2D eigenvalue weighted by Crippen LogP contribution is 2.41. The van der Waals surface area contributed by atoms with Crippen LogP contribution in [-0.4, -0.2) is 12.0 Å². The van der Waals surface area contributed by atoms with Crippen LogP contribution in [0.15, 0.2) is 30.3 Å². The lowest BCUT2D eigenvalue weighted by atomic mass is 9.67. The third-order valence-electron chi connectivity index (χ3n) is 6.30. The zero-order valence-corrected chi connectivity index (χ0v) is 15.4.